The molecule has 0 spiro atoms. The van der Waals surface area contributed by atoms with Crippen LogP contribution in [0.2, 0.25) is 0 Å². The quantitative estimate of drug-likeness (QED) is 0.391. The maximum absolute atomic E-state index is 8.77. The Kier molecular flexibility index (Phi) is 2.81. The predicted octanol–water partition coefficient (Wildman–Crippen LogP) is 0.490. The van der Waals surface area contributed by atoms with Gasteiger partial charge in [0.15, 0.2) is 5.69 Å². The Labute approximate surface area is 72.6 Å². The van der Waals surface area contributed by atoms with E-state index in [0.717, 1.165) is 5.69 Å². The SMILES string of the molecule is C[N@+](N)(CCO)c1ccccc1. The van der Waals surface area contributed by atoms with Gasteiger partial charge in [0.25, 0.3) is 0 Å². The molecule has 0 heterocycles. The van der Waals surface area contributed by atoms with Crippen molar-refractivity contribution in [3.63, 3.8) is 0 Å². The van der Waals surface area contributed by atoms with E-state index in [1.54, 1.807) is 0 Å². The summed E-state index contributed by atoms with van der Waals surface area (Å²) in [6.45, 7) is 0.631. The van der Waals surface area contributed by atoms with Crippen molar-refractivity contribution in [2.45, 2.75) is 0 Å². The zero-order valence-corrected chi connectivity index (χ0v) is 7.27. The van der Waals surface area contributed by atoms with Gasteiger partial charge in [-0.2, -0.15) is 5.84 Å². The second kappa shape index (κ2) is 3.67. The summed E-state index contributed by atoms with van der Waals surface area (Å²) >= 11 is 0. The van der Waals surface area contributed by atoms with Crippen molar-refractivity contribution in [2.24, 2.45) is 5.84 Å². The van der Waals surface area contributed by atoms with Crippen molar-refractivity contribution in [3.8, 4) is 0 Å². The van der Waals surface area contributed by atoms with Gasteiger partial charge in [-0.25, -0.2) is 4.59 Å². The van der Waals surface area contributed by atoms with Gasteiger partial charge in [0, 0.05) is 12.1 Å². The lowest BCUT2D eigenvalue weighted by Gasteiger charge is -2.26. The van der Waals surface area contributed by atoms with Crippen LogP contribution in [-0.2, 0) is 0 Å². The van der Waals surface area contributed by atoms with Gasteiger partial charge in [-0.3, -0.25) is 0 Å². The van der Waals surface area contributed by atoms with Gasteiger partial charge in [-0.1, -0.05) is 18.2 Å². The number of hydrogen-bond acceptors (Lipinski definition) is 2. The fraction of sp³-hybridized carbons (Fsp3) is 0.333. The lowest BCUT2D eigenvalue weighted by Crippen LogP contribution is -2.53. The van der Waals surface area contributed by atoms with E-state index in [4.69, 9.17) is 10.9 Å². The number of nitrogens with two attached hydrogens (primary N) is 1. The van der Waals surface area contributed by atoms with Crippen molar-refractivity contribution >= 4 is 5.69 Å². The molecule has 1 aromatic carbocycles. The summed E-state index contributed by atoms with van der Waals surface area (Å²) in [5, 5.41) is 8.77. The van der Waals surface area contributed by atoms with Crippen LogP contribution < -0.4 is 10.4 Å². The van der Waals surface area contributed by atoms with Crippen molar-refractivity contribution in [1.29, 1.82) is 0 Å². The van der Waals surface area contributed by atoms with Crippen LogP contribution in [0, 0.1) is 0 Å². The summed E-state index contributed by atoms with van der Waals surface area (Å²) in [5.41, 5.74) is 1.01. The van der Waals surface area contributed by atoms with E-state index < -0.39 is 0 Å². The Hall–Kier alpha value is -0.900. The second-order valence-corrected chi connectivity index (χ2v) is 3.05. The van der Waals surface area contributed by atoms with Gasteiger partial charge >= 0.3 is 0 Å². The van der Waals surface area contributed by atoms with E-state index in [1.807, 2.05) is 37.4 Å². The lowest BCUT2D eigenvalue weighted by atomic mass is 10.3. The third-order valence-electron chi connectivity index (χ3n) is 1.91. The van der Waals surface area contributed by atoms with Crippen LogP contribution in [0.5, 0.6) is 0 Å². The minimum Gasteiger partial charge on any atom is -0.390 e. The minimum atomic E-state index is 0.0991. The Morgan fingerprint density at radius 1 is 1.33 bits per heavy atom. The van der Waals surface area contributed by atoms with Crippen LogP contribution in [0.4, 0.5) is 5.69 Å². The zero-order chi connectivity index (χ0) is 9.03. The predicted molar refractivity (Wildman–Crippen MR) is 50.3 cm³/mol. The number of rotatable bonds is 3. The molecule has 0 aliphatic rings. The van der Waals surface area contributed by atoms with Gasteiger partial charge in [0.1, 0.15) is 6.54 Å². The highest BCUT2D eigenvalue weighted by Gasteiger charge is 2.18. The van der Waals surface area contributed by atoms with Gasteiger partial charge < -0.3 is 5.11 Å². The molecule has 3 N–H and O–H groups in total. The first-order chi connectivity index (χ1) is 5.67. The van der Waals surface area contributed by atoms with E-state index >= 15 is 0 Å². The highest BCUT2D eigenvalue weighted by molar-refractivity contribution is 5.40. The lowest BCUT2D eigenvalue weighted by molar-refractivity contribution is 0.224. The standard InChI is InChI=1S/C9H15N2O/c1-11(10,7-8-12)9-5-3-2-4-6-9/h2-6,12H,7-8,10H2,1H3/q+1/t11-/m0/s1. The number of benzene rings is 1. The summed E-state index contributed by atoms with van der Waals surface area (Å²) in [6.07, 6.45) is 0. The molecule has 0 radical (unpaired) electrons. The number of quaternary nitrogens is 1. The van der Waals surface area contributed by atoms with E-state index in [1.165, 1.54) is 0 Å². The molecule has 66 valence electrons. The maximum atomic E-state index is 8.77. The average Bonchev–Trinajstić information content (AvgIpc) is 2.06. The molecule has 0 amide bonds. The number of aliphatic hydroxyl groups is 1. The third-order valence-corrected chi connectivity index (χ3v) is 1.91. The van der Waals surface area contributed by atoms with Gasteiger partial charge in [-0.05, 0) is 0 Å². The van der Waals surface area contributed by atoms with Crippen LogP contribution >= 0.6 is 0 Å². The summed E-state index contributed by atoms with van der Waals surface area (Å²) in [6, 6.07) is 9.74. The van der Waals surface area contributed by atoms with Crippen molar-refractivity contribution in [1.82, 2.24) is 4.59 Å². The smallest absolute Gasteiger partial charge is 0.151 e. The first-order valence-electron chi connectivity index (χ1n) is 3.97. The molecule has 1 atom stereocenters. The normalized spacial score (nSPS) is 15.6. The molecule has 0 aromatic heterocycles. The topological polar surface area (TPSA) is 46.2 Å². The fourth-order valence-electron chi connectivity index (χ4n) is 1.11. The average molecular weight is 167 g/mol. The van der Waals surface area contributed by atoms with E-state index in [9.17, 15) is 0 Å². The highest BCUT2D eigenvalue weighted by Crippen LogP contribution is 2.14. The molecule has 3 heteroatoms. The molecular formula is C9H15N2O+. The fourth-order valence-corrected chi connectivity index (χ4v) is 1.11. The molecule has 0 saturated carbocycles. The first-order valence-corrected chi connectivity index (χ1v) is 3.97. The molecule has 0 aliphatic heterocycles. The van der Waals surface area contributed by atoms with Crippen molar-refractivity contribution < 1.29 is 5.11 Å². The van der Waals surface area contributed by atoms with E-state index in [-0.39, 0.29) is 11.2 Å². The molecule has 12 heavy (non-hydrogen) atoms. The zero-order valence-electron chi connectivity index (χ0n) is 7.27. The summed E-state index contributed by atoms with van der Waals surface area (Å²) in [4.78, 5) is 0. The van der Waals surface area contributed by atoms with Crippen molar-refractivity contribution in [3.05, 3.63) is 30.3 Å². The van der Waals surface area contributed by atoms with E-state index in [2.05, 4.69) is 0 Å². The molecule has 1 aromatic rings. The molecule has 0 bridgehead atoms. The highest BCUT2D eigenvalue weighted by atomic mass is 16.3. The summed E-state index contributed by atoms with van der Waals surface area (Å²) < 4.78 is 0.233. The van der Waals surface area contributed by atoms with Crippen LogP contribution in [0.25, 0.3) is 0 Å². The van der Waals surface area contributed by atoms with Gasteiger partial charge in [0.05, 0.1) is 13.7 Å². The van der Waals surface area contributed by atoms with Crippen molar-refractivity contribution in [2.75, 3.05) is 20.2 Å². The minimum absolute atomic E-state index is 0.0991. The van der Waals surface area contributed by atoms with Crippen LogP contribution in [-0.4, -0.2) is 25.3 Å². The summed E-state index contributed by atoms with van der Waals surface area (Å²) in [7, 11) is 1.87. The Bertz CT molecular complexity index is 234. The Morgan fingerprint density at radius 2 is 1.92 bits per heavy atom. The van der Waals surface area contributed by atoms with Gasteiger partial charge in [-0.15, -0.1) is 0 Å². The monoisotopic (exact) mass is 167 g/mol. The molecule has 0 saturated heterocycles. The molecule has 0 unspecified atom stereocenters. The number of para-hydroxylation sites is 1. The largest absolute Gasteiger partial charge is 0.390 e. The van der Waals surface area contributed by atoms with Gasteiger partial charge in [0.2, 0.25) is 0 Å². The number of likely N-dealkylation sites (N-methyl/N-ethyl adjacent to an activating group) is 1. The summed E-state index contributed by atoms with van der Waals surface area (Å²) in [5.74, 6) is 5.93. The molecule has 0 fully saturated rings. The Balaban J connectivity index is 2.82. The van der Waals surface area contributed by atoms with E-state index in [0.29, 0.717) is 6.54 Å². The molecular weight excluding hydrogens is 152 g/mol. The first kappa shape index (κ1) is 9.19. The van der Waals surface area contributed by atoms with Crippen LogP contribution in [0.1, 0.15) is 0 Å². The number of hydrogen-bond donors (Lipinski definition) is 2. The molecule has 1 rings (SSSR count). The molecule has 0 aliphatic carbocycles. The number of nitrogens with zero attached hydrogens (tertiary/aromatic N) is 1. The second-order valence-electron chi connectivity index (χ2n) is 3.05. The molecule has 3 nitrogen and oxygen atoms in total. The maximum Gasteiger partial charge on any atom is 0.151 e. The Morgan fingerprint density at radius 3 is 2.42 bits per heavy atom. The third kappa shape index (κ3) is 2.04. The number of aliphatic hydroxyl groups excluding tert-OH is 1. The van der Waals surface area contributed by atoms with Crippen LogP contribution in [0.3, 0.4) is 0 Å². The van der Waals surface area contributed by atoms with Crippen LogP contribution in [0.15, 0.2) is 30.3 Å².